The molecule has 0 amide bonds. The van der Waals surface area contributed by atoms with Crippen molar-refractivity contribution in [1.29, 1.82) is 0 Å². The van der Waals surface area contributed by atoms with Gasteiger partial charge in [-0.25, -0.2) is 4.98 Å². The fourth-order valence-electron chi connectivity index (χ4n) is 12.1. The lowest BCUT2D eigenvalue weighted by Crippen LogP contribution is -2.25. The minimum atomic E-state index is -1.56. The zero-order valence-corrected chi connectivity index (χ0v) is 53.4. The summed E-state index contributed by atoms with van der Waals surface area (Å²) < 4.78 is 30.2. The van der Waals surface area contributed by atoms with E-state index < -0.39 is 6.37 Å². The van der Waals surface area contributed by atoms with E-state index in [4.69, 9.17) is 12.5 Å². The van der Waals surface area contributed by atoms with E-state index in [0.29, 0.717) is 23.8 Å². The molecule has 428 valence electrons. The molecule has 4 heterocycles. The van der Waals surface area contributed by atoms with Gasteiger partial charge in [-0.15, -0.1) is 11.3 Å². The molecule has 1 aliphatic heterocycles. The largest absolute Gasteiger partial charge is 0.457 e. The summed E-state index contributed by atoms with van der Waals surface area (Å²) in [6.45, 7) is 39.2. The highest BCUT2D eigenvalue weighted by Gasteiger charge is 2.34. The first-order valence-electron chi connectivity index (χ1n) is 31.1. The Morgan fingerprint density at radius 2 is 1.05 bits per heavy atom. The normalized spacial score (nSPS) is 14.1. The molecule has 0 N–H and O–H groups in total. The van der Waals surface area contributed by atoms with Crippen LogP contribution in [-0.4, -0.2) is 16.2 Å². The van der Waals surface area contributed by atoms with E-state index >= 15 is 0 Å². The molecule has 3 aromatic heterocycles. The third-order valence-corrected chi connectivity index (χ3v) is 18.2. The number of ether oxygens (including phenoxy) is 1. The van der Waals surface area contributed by atoms with E-state index in [2.05, 4.69) is 270 Å². The molecule has 0 fully saturated rings. The van der Waals surface area contributed by atoms with Gasteiger partial charge < -0.3 is 14.5 Å². The summed E-state index contributed by atoms with van der Waals surface area (Å²) in [6.07, 6.45) is 0.193. The van der Waals surface area contributed by atoms with Gasteiger partial charge in [0.25, 0.3) is 0 Å². The van der Waals surface area contributed by atoms with Crippen LogP contribution in [0.5, 0.6) is 11.5 Å². The molecule has 0 aliphatic carbocycles. The number of hydrogen-bond acceptors (Lipinski definition) is 5. The number of fused-ring (bicyclic) bond motifs is 8. The van der Waals surface area contributed by atoms with Gasteiger partial charge in [0.2, 0.25) is 0 Å². The predicted octanol–water partition coefficient (Wildman–Crippen LogP) is 22.6. The first-order chi connectivity index (χ1) is 40.3. The van der Waals surface area contributed by atoms with E-state index in [-0.39, 0.29) is 33.0 Å². The molecule has 12 rings (SSSR count). The molecule has 5 nitrogen and oxygen atoms in total. The van der Waals surface area contributed by atoms with Gasteiger partial charge in [-0.3, -0.25) is 4.57 Å². The highest BCUT2D eigenvalue weighted by atomic mass is 32.1. The Morgan fingerprint density at radius 1 is 0.500 bits per heavy atom. The summed E-state index contributed by atoms with van der Waals surface area (Å²) in [5.41, 5.74) is 17.8. The second kappa shape index (κ2) is 20.5. The molecule has 0 saturated carbocycles. The molecule has 0 atom stereocenters. The van der Waals surface area contributed by atoms with Crippen LogP contribution in [-0.2, 0) is 33.4 Å². The Bertz CT molecular complexity index is 4310. The van der Waals surface area contributed by atoms with E-state index in [1.165, 1.54) is 70.4 Å². The van der Waals surface area contributed by atoms with Crippen LogP contribution in [0.3, 0.4) is 0 Å². The molecule has 0 bridgehead atoms. The topological polar surface area (TPSA) is 33.5 Å². The molecular formula is C78H84N4OS. The second-order valence-electron chi connectivity index (χ2n) is 29.0. The standard InChI is InChI=1S/C78H84N4OS/c1-48(2)35-49-33-34-79-70(36-49)82-67-32-31-63-62-23-18-21-28-69(62)84-73(63)71(67)64-30-29-58(46-68(64)82)83-59-44-56(78(15,16)17)43-57(45-59)80-47-81(66-27-20-19-26-65(66)80)72-60(50-37-52(74(3,4)5)41-53(38-50)75(6,7)8)24-22-25-61(72)51-39-54(76(9,10)11)42-55(40-51)77(12,13)14/h18-34,36-46,48H,35,47H2,1-17H3/i35D2. The third-order valence-electron chi connectivity index (χ3n) is 17.0. The van der Waals surface area contributed by atoms with Gasteiger partial charge in [-0.05, 0) is 145 Å². The minimum absolute atomic E-state index is 0.0722. The molecule has 0 radical (unpaired) electrons. The maximum Gasteiger partial charge on any atom is 0.137 e. The zero-order chi connectivity index (χ0) is 61.4. The van der Waals surface area contributed by atoms with Crippen molar-refractivity contribution in [2.45, 2.75) is 151 Å². The van der Waals surface area contributed by atoms with E-state index in [0.717, 1.165) is 50.2 Å². The summed E-state index contributed by atoms with van der Waals surface area (Å²) in [6, 6.07) is 60.6. The number of anilines is 4. The highest BCUT2D eigenvalue weighted by Crippen LogP contribution is 2.53. The van der Waals surface area contributed by atoms with Crippen molar-refractivity contribution in [3.63, 3.8) is 0 Å². The van der Waals surface area contributed by atoms with Crippen molar-refractivity contribution in [2.24, 2.45) is 5.92 Å². The van der Waals surface area contributed by atoms with Crippen LogP contribution in [0.25, 0.3) is 70.0 Å². The predicted molar refractivity (Wildman–Crippen MR) is 363 cm³/mol. The van der Waals surface area contributed by atoms with Gasteiger partial charge >= 0.3 is 0 Å². The summed E-state index contributed by atoms with van der Waals surface area (Å²) in [7, 11) is 0. The first kappa shape index (κ1) is 54.3. The summed E-state index contributed by atoms with van der Waals surface area (Å²) in [5, 5.41) is 4.69. The van der Waals surface area contributed by atoms with Crippen LogP contribution in [0.1, 0.15) is 154 Å². The number of thiophene rings is 1. The molecule has 0 unspecified atom stereocenters. The van der Waals surface area contributed by atoms with Crippen molar-refractivity contribution >= 4 is 76.1 Å². The SMILES string of the molecule is [2H]C([2H])(c1ccnc(-n2c3cc(Oc4cc(N5CN(c6c(-c7cc(C(C)(C)C)cc(C(C)(C)C)c7)cccc6-c6cc(C(C)(C)C)cc(C(C)(C)C)c6)c6ccccc65)cc(C(C)(C)C)c4)ccc3c3c4sc5ccccc5c4ccc32)c1)C(C)C. The van der Waals surface area contributed by atoms with Crippen LogP contribution in [0.4, 0.5) is 22.7 Å². The van der Waals surface area contributed by atoms with Gasteiger partial charge in [0.15, 0.2) is 0 Å². The maximum absolute atomic E-state index is 9.13. The van der Waals surface area contributed by atoms with Crippen molar-refractivity contribution < 1.29 is 7.48 Å². The zero-order valence-electron chi connectivity index (χ0n) is 54.6. The fourth-order valence-corrected chi connectivity index (χ4v) is 13.4. The Hall–Kier alpha value is -7.67. The fraction of sp³-hybridized carbons (Fsp3) is 0.321. The molecule has 1 aliphatic rings. The van der Waals surface area contributed by atoms with Gasteiger partial charge in [0.05, 0.1) is 28.1 Å². The number of para-hydroxylation sites is 3. The summed E-state index contributed by atoms with van der Waals surface area (Å²) in [5.74, 6) is 1.87. The number of nitrogens with zero attached hydrogens (tertiary/aromatic N) is 4. The average molecular weight is 1130 g/mol. The molecule has 84 heavy (non-hydrogen) atoms. The molecule has 8 aromatic carbocycles. The third kappa shape index (κ3) is 10.6. The van der Waals surface area contributed by atoms with Crippen LogP contribution in [0.2, 0.25) is 0 Å². The number of benzene rings is 8. The number of rotatable bonds is 9. The quantitative estimate of drug-likeness (QED) is 0.144. The molecule has 6 heteroatoms. The maximum atomic E-state index is 9.13. The average Bonchev–Trinajstić information content (AvgIpc) is 1.56. The smallest absolute Gasteiger partial charge is 0.137 e. The number of hydrogen-bond donors (Lipinski definition) is 0. The van der Waals surface area contributed by atoms with E-state index in [1.54, 1.807) is 6.20 Å². The highest BCUT2D eigenvalue weighted by molar-refractivity contribution is 7.26. The van der Waals surface area contributed by atoms with Gasteiger partial charge in [-0.1, -0.05) is 209 Å². The molecular weight excluding hydrogens is 1040 g/mol. The van der Waals surface area contributed by atoms with Crippen molar-refractivity contribution in [1.82, 2.24) is 9.55 Å². The van der Waals surface area contributed by atoms with E-state index in [9.17, 15) is 0 Å². The summed E-state index contributed by atoms with van der Waals surface area (Å²) >= 11 is 1.81. The molecule has 0 saturated heterocycles. The lowest BCUT2D eigenvalue weighted by Gasteiger charge is -2.31. The van der Waals surface area contributed by atoms with E-state index in [1.807, 2.05) is 37.3 Å². The number of aromatic nitrogens is 2. The van der Waals surface area contributed by atoms with Gasteiger partial charge in [0, 0.05) is 68.8 Å². The number of pyridine rings is 1. The Balaban J connectivity index is 1.03. The Morgan fingerprint density at radius 3 is 1.63 bits per heavy atom. The van der Waals surface area contributed by atoms with Gasteiger partial charge in [-0.2, -0.15) is 0 Å². The minimum Gasteiger partial charge on any atom is -0.457 e. The Kier molecular flexibility index (Phi) is 13.3. The van der Waals surface area contributed by atoms with Gasteiger partial charge in [0.1, 0.15) is 24.0 Å². The summed E-state index contributed by atoms with van der Waals surface area (Å²) in [4.78, 5) is 10.0. The van der Waals surface area contributed by atoms with Crippen molar-refractivity contribution in [3.8, 4) is 39.6 Å². The molecule has 0 spiro atoms. The molecule has 11 aromatic rings. The second-order valence-corrected chi connectivity index (χ2v) is 30.1. The first-order valence-corrected chi connectivity index (χ1v) is 30.9. The van der Waals surface area contributed by atoms with Crippen LogP contribution >= 0.6 is 11.3 Å². The Labute approximate surface area is 506 Å². The lowest BCUT2D eigenvalue weighted by molar-refractivity contribution is 0.479. The lowest BCUT2D eigenvalue weighted by atomic mass is 9.77. The van der Waals surface area contributed by atoms with Crippen molar-refractivity contribution in [2.75, 3.05) is 16.5 Å². The van der Waals surface area contributed by atoms with Crippen LogP contribution < -0.4 is 14.5 Å². The van der Waals surface area contributed by atoms with Crippen molar-refractivity contribution in [3.05, 3.63) is 203 Å². The monoisotopic (exact) mass is 1130 g/mol. The van der Waals surface area contributed by atoms with Crippen LogP contribution in [0.15, 0.2) is 170 Å². The van der Waals surface area contributed by atoms with Crippen LogP contribution in [0, 0.1) is 5.92 Å².